The standard InChI is InChI=1S/C15H22N2O4/c1-9-6-10(2)12(11(7-9)13(18)19)16-14(20)17(5)8-15(3,4)21/h6-7,21H,8H2,1-5H3,(H,16,20)(H,18,19). The van der Waals surface area contributed by atoms with Crippen LogP contribution in [0.2, 0.25) is 0 Å². The quantitative estimate of drug-likeness (QED) is 0.794. The molecule has 6 heteroatoms. The molecular formula is C15H22N2O4. The normalized spacial score (nSPS) is 11.1. The number of carboxylic acids is 1. The van der Waals surface area contributed by atoms with Crippen LogP contribution in [0.5, 0.6) is 0 Å². The van der Waals surface area contributed by atoms with Crippen molar-refractivity contribution in [2.45, 2.75) is 33.3 Å². The summed E-state index contributed by atoms with van der Waals surface area (Å²) < 4.78 is 0. The summed E-state index contributed by atoms with van der Waals surface area (Å²) in [7, 11) is 1.54. The summed E-state index contributed by atoms with van der Waals surface area (Å²) in [6, 6.07) is 2.85. The van der Waals surface area contributed by atoms with Crippen molar-refractivity contribution in [2.75, 3.05) is 18.9 Å². The van der Waals surface area contributed by atoms with Gasteiger partial charge < -0.3 is 20.4 Å². The van der Waals surface area contributed by atoms with Gasteiger partial charge in [-0.15, -0.1) is 0 Å². The summed E-state index contributed by atoms with van der Waals surface area (Å²) in [6.07, 6.45) is 0. The van der Waals surface area contributed by atoms with E-state index in [1.807, 2.05) is 0 Å². The molecule has 2 amide bonds. The highest BCUT2D eigenvalue weighted by Gasteiger charge is 2.21. The van der Waals surface area contributed by atoms with Crippen molar-refractivity contribution < 1.29 is 19.8 Å². The highest BCUT2D eigenvalue weighted by molar-refractivity contribution is 6.01. The van der Waals surface area contributed by atoms with Crippen molar-refractivity contribution in [2.24, 2.45) is 0 Å². The van der Waals surface area contributed by atoms with Crippen LogP contribution < -0.4 is 5.32 Å². The summed E-state index contributed by atoms with van der Waals surface area (Å²) in [4.78, 5) is 24.7. The Balaban J connectivity index is 3.02. The molecule has 0 fully saturated rings. The molecule has 0 saturated heterocycles. The maximum absolute atomic E-state index is 12.1. The number of nitrogens with one attached hydrogen (secondary N) is 1. The number of anilines is 1. The van der Waals surface area contributed by atoms with Gasteiger partial charge in [0.2, 0.25) is 0 Å². The number of urea groups is 1. The minimum absolute atomic E-state index is 0.0532. The third kappa shape index (κ3) is 4.75. The topological polar surface area (TPSA) is 89.9 Å². The molecule has 6 nitrogen and oxygen atoms in total. The minimum Gasteiger partial charge on any atom is -0.478 e. The van der Waals surface area contributed by atoms with E-state index in [0.717, 1.165) is 5.56 Å². The molecule has 1 rings (SSSR count). The first-order valence-electron chi connectivity index (χ1n) is 6.60. The molecule has 0 aliphatic heterocycles. The van der Waals surface area contributed by atoms with E-state index in [1.165, 1.54) is 18.0 Å². The Kier molecular flexibility index (Phi) is 4.96. The number of carbonyl (C=O) groups is 2. The molecule has 0 radical (unpaired) electrons. The van der Waals surface area contributed by atoms with Gasteiger partial charge >= 0.3 is 12.0 Å². The van der Waals surface area contributed by atoms with Gasteiger partial charge in [0.15, 0.2) is 0 Å². The van der Waals surface area contributed by atoms with Gasteiger partial charge in [-0.25, -0.2) is 9.59 Å². The maximum atomic E-state index is 12.1. The van der Waals surface area contributed by atoms with Crippen LogP contribution in [0.25, 0.3) is 0 Å². The predicted octanol–water partition coefficient (Wildman–Crippen LogP) is 2.24. The van der Waals surface area contributed by atoms with Crippen molar-refractivity contribution in [1.29, 1.82) is 0 Å². The number of amides is 2. The molecule has 0 aliphatic carbocycles. The Hall–Kier alpha value is -2.08. The molecule has 116 valence electrons. The highest BCUT2D eigenvalue weighted by Crippen LogP contribution is 2.23. The average molecular weight is 294 g/mol. The first kappa shape index (κ1) is 17.0. The molecular weight excluding hydrogens is 272 g/mol. The average Bonchev–Trinajstić information content (AvgIpc) is 2.29. The highest BCUT2D eigenvalue weighted by atomic mass is 16.4. The number of benzene rings is 1. The van der Waals surface area contributed by atoms with Gasteiger partial charge in [-0.2, -0.15) is 0 Å². The lowest BCUT2D eigenvalue weighted by atomic mass is 10.0. The first-order chi connectivity index (χ1) is 9.51. The zero-order valence-corrected chi connectivity index (χ0v) is 13.0. The number of carboxylic acid groups (broad SMARTS) is 1. The zero-order valence-electron chi connectivity index (χ0n) is 13.0. The number of aliphatic hydroxyl groups is 1. The number of aromatic carboxylic acids is 1. The zero-order chi connectivity index (χ0) is 16.4. The van der Waals surface area contributed by atoms with E-state index in [0.29, 0.717) is 5.56 Å². The van der Waals surface area contributed by atoms with Crippen LogP contribution in [0.3, 0.4) is 0 Å². The van der Waals surface area contributed by atoms with E-state index >= 15 is 0 Å². The Bertz CT molecular complexity index is 562. The number of nitrogens with zero attached hydrogens (tertiary/aromatic N) is 1. The summed E-state index contributed by atoms with van der Waals surface area (Å²) in [5.74, 6) is -1.10. The fourth-order valence-electron chi connectivity index (χ4n) is 2.16. The molecule has 21 heavy (non-hydrogen) atoms. The summed E-state index contributed by atoms with van der Waals surface area (Å²) >= 11 is 0. The molecule has 0 saturated carbocycles. The SMILES string of the molecule is Cc1cc(C)c(NC(=O)N(C)CC(C)(C)O)c(C(=O)O)c1. The van der Waals surface area contributed by atoms with Crippen molar-refractivity contribution in [3.63, 3.8) is 0 Å². The Morgan fingerprint density at radius 2 is 1.86 bits per heavy atom. The summed E-state index contributed by atoms with van der Waals surface area (Å²) in [6.45, 7) is 6.86. The van der Waals surface area contributed by atoms with E-state index in [9.17, 15) is 19.8 Å². The second kappa shape index (κ2) is 6.13. The number of rotatable bonds is 4. The largest absolute Gasteiger partial charge is 0.478 e. The third-order valence-corrected chi connectivity index (χ3v) is 2.91. The first-order valence-corrected chi connectivity index (χ1v) is 6.60. The monoisotopic (exact) mass is 294 g/mol. The van der Waals surface area contributed by atoms with Gasteiger partial charge in [0.25, 0.3) is 0 Å². The van der Waals surface area contributed by atoms with E-state index in [-0.39, 0.29) is 17.8 Å². The fraction of sp³-hybridized carbons (Fsp3) is 0.467. The van der Waals surface area contributed by atoms with Crippen LogP contribution in [0.4, 0.5) is 10.5 Å². The van der Waals surface area contributed by atoms with E-state index < -0.39 is 17.6 Å². The van der Waals surface area contributed by atoms with E-state index in [1.54, 1.807) is 33.8 Å². The smallest absolute Gasteiger partial charge is 0.337 e. The van der Waals surface area contributed by atoms with Crippen LogP contribution in [-0.4, -0.2) is 46.3 Å². The molecule has 0 aromatic heterocycles. The summed E-state index contributed by atoms with van der Waals surface area (Å²) in [5.41, 5.74) is 0.799. The second-order valence-corrected chi connectivity index (χ2v) is 5.91. The van der Waals surface area contributed by atoms with Gasteiger partial charge in [-0.1, -0.05) is 6.07 Å². The van der Waals surface area contributed by atoms with E-state index in [2.05, 4.69) is 5.32 Å². The number of carbonyl (C=O) groups excluding carboxylic acids is 1. The Morgan fingerprint density at radius 1 is 1.29 bits per heavy atom. The van der Waals surface area contributed by atoms with Crippen LogP contribution >= 0.6 is 0 Å². The third-order valence-electron chi connectivity index (χ3n) is 2.91. The van der Waals surface area contributed by atoms with Gasteiger partial charge in [0.05, 0.1) is 23.4 Å². The van der Waals surface area contributed by atoms with Crippen LogP contribution in [0.1, 0.15) is 35.3 Å². The van der Waals surface area contributed by atoms with Crippen LogP contribution in [0.15, 0.2) is 12.1 Å². The molecule has 0 atom stereocenters. The van der Waals surface area contributed by atoms with E-state index in [4.69, 9.17) is 0 Å². The van der Waals surface area contributed by atoms with Crippen molar-refractivity contribution in [1.82, 2.24) is 4.90 Å². The fourth-order valence-corrected chi connectivity index (χ4v) is 2.16. The van der Waals surface area contributed by atoms with Crippen molar-refractivity contribution in [3.05, 3.63) is 28.8 Å². The lowest BCUT2D eigenvalue weighted by Gasteiger charge is -2.26. The Labute approximate surface area is 124 Å². The summed E-state index contributed by atoms with van der Waals surface area (Å²) in [5, 5.41) is 21.6. The molecule has 0 bridgehead atoms. The number of likely N-dealkylation sites (N-methyl/N-ethyl adjacent to an activating group) is 1. The lowest BCUT2D eigenvalue weighted by Crippen LogP contribution is -2.42. The maximum Gasteiger partial charge on any atom is 0.337 e. The van der Waals surface area contributed by atoms with Crippen molar-refractivity contribution >= 4 is 17.7 Å². The second-order valence-electron chi connectivity index (χ2n) is 5.91. The van der Waals surface area contributed by atoms with Gasteiger partial charge in [0, 0.05) is 7.05 Å². The van der Waals surface area contributed by atoms with Gasteiger partial charge in [-0.3, -0.25) is 0 Å². The molecule has 3 N–H and O–H groups in total. The molecule has 0 aliphatic rings. The van der Waals surface area contributed by atoms with Crippen molar-refractivity contribution in [3.8, 4) is 0 Å². The molecule has 0 spiro atoms. The molecule has 0 unspecified atom stereocenters. The number of aryl methyl sites for hydroxylation is 2. The lowest BCUT2D eigenvalue weighted by molar-refractivity contribution is 0.0550. The predicted molar refractivity (Wildman–Crippen MR) is 80.8 cm³/mol. The molecule has 0 heterocycles. The van der Waals surface area contributed by atoms with Crippen LogP contribution in [-0.2, 0) is 0 Å². The number of hydrogen-bond donors (Lipinski definition) is 3. The molecule has 1 aromatic rings. The molecule has 1 aromatic carbocycles. The van der Waals surface area contributed by atoms with Gasteiger partial charge in [0.1, 0.15) is 0 Å². The Morgan fingerprint density at radius 3 is 2.33 bits per heavy atom. The minimum atomic E-state index is -1.10. The van der Waals surface area contributed by atoms with Crippen LogP contribution in [0, 0.1) is 13.8 Å². The number of hydrogen-bond acceptors (Lipinski definition) is 3. The van der Waals surface area contributed by atoms with Gasteiger partial charge in [-0.05, 0) is 44.9 Å².